The van der Waals surface area contributed by atoms with Crippen molar-refractivity contribution in [2.24, 2.45) is 0 Å². The number of hydrogen-bond acceptors (Lipinski definition) is 1. The van der Waals surface area contributed by atoms with Crippen molar-refractivity contribution >= 4 is 11.6 Å². The molecule has 0 fully saturated rings. The van der Waals surface area contributed by atoms with Crippen molar-refractivity contribution in [3.63, 3.8) is 0 Å². The molecule has 0 amide bonds. The third-order valence-electron chi connectivity index (χ3n) is 1.80. The van der Waals surface area contributed by atoms with Crippen LogP contribution in [0.3, 0.4) is 0 Å². The van der Waals surface area contributed by atoms with Crippen LogP contribution in [0.5, 0.6) is 0 Å². The number of benzene rings is 1. The summed E-state index contributed by atoms with van der Waals surface area (Å²) in [4.78, 5) is 2.14. The van der Waals surface area contributed by atoms with E-state index in [1.165, 1.54) is 11.1 Å². The Bertz CT molecular complexity index is 269. The molecule has 12 heavy (non-hydrogen) atoms. The predicted molar refractivity (Wildman–Crippen MR) is 53.6 cm³/mol. The molecule has 66 valence electrons. The summed E-state index contributed by atoms with van der Waals surface area (Å²) in [6.07, 6.45) is 0. The van der Waals surface area contributed by atoms with Gasteiger partial charge >= 0.3 is 0 Å². The Labute approximate surface area is 79.0 Å². The SMILES string of the molecule is Cc1ccc(Cl)cc1CN(C)C. The van der Waals surface area contributed by atoms with E-state index in [0.29, 0.717) is 0 Å². The van der Waals surface area contributed by atoms with E-state index >= 15 is 0 Å². The minimum absolute atomic E-state index is 0.817. The molecule has 1 nitrogen and oxygen atoms in total. The van der Waals surface area contributed by atoms with E-state index in [-0.39, 0.29) is 0 Å². The number of aryl methyl sites for hydroxylation is 1. The van der Waals surface area contributed by atoms with E-state index in [2.05, 4.69) is 32.0 Å². The van der Waals surface area contributed by atoms with E-state index in [1.54, 1.807) is 0 Å². The number of nitrogens with zero attached hydrogens (tertiary/aromatic N) is 1. The molecular formula is C10H14ClN. The standard InChI is InChI=1S/C10H14ClN/c1-8-4-5-10(11)6-9(8)7-12(2)3/h4-6H,7H2,1-3H3. The smallest absolute Gasteiger partial charge is 0.0409 e. The normalized spacial score (nSPS) is 10.8. The van der Waals surface area contributed by atoms with Crippen molar-refractivity contribution < 1.29 is 0 Å². The Hall–Kier alpha value is -0.530. The highest BCUT2D eigenvalue weighted by Crippen LogP contribution is 2.16. The molecule has 0 spiro atoms. The maximum atomic E-state index is 5.88. The molecule has 0 saturated carbocycles. The largest absolute Gasteiger partial charge is 0.305 e. The summed E-state index contributed by atoms with van der Waals surface area (Å²) in [5.41, 5.74) is 2.60. The molecule has 0 atom stereocenters. The lowest BCUT2D eigenvalue weighted by Crippen LogP contribution is -2.11. The van der Waals surface area contributed by atoms with Crippen molar-refractivity contribution in [1.29, 1.82) is 0 Å². The molecule has 0 N–H and O–H groups in total. The molecule has 1 aromatic rings. The van der Waals surface area contributed by atoms with Crippen molar-refractivity contribution in [2.45, 2.75) is 13.5 Å². The van der Waals surface area contributed by atoms with Crippen LogP contribution in [0.25, 0.3) is 0 Å². The minimum Gasteiger partial charge on any atom is -0.305 e. The van der Waals surface area contributed by atoms with E-state index < -0.39 is 0 Å². The van der Waals surface area contributed by atoms with Crippen molar-refractivity contribution in [1.82, 2.24) is 4.90 Å². The third-order valence-corrected chi connectivity index (χ3v) is 2.03. The Morgan fingerprint density at radius 2 is 2.00 bits per heavy atom. The van der Waals surface area contributed by atoms with E-state index in [9.17, 15) is 0 Å². The van der Waals surface area contributed by atoms with Gasteiger partial charge in [0.25, 0.3) is 0 Å². The zero-order valence-corrected chi connectivity index (χ0v) is 8.52. The van der Waals surface area contributed by atoms with Gasteiger partial charge in [0.1, 0.15) is 0 Å². The van der Waals surface area contributed by atoms with Gasteiger partial charge in [-0.05, 0) is 44.3 Å². The molecular weight excluding hydrogens is 170 g/mol. The zero-order valence-electron chi connectivity index (χ0n) is 7.76. The van der Waals surface area contributed by atoms with Gasteiger partial charge in [-0.2, -0.15) is 0 Å². The van der Waals surface area contributed by atoms with Gasteiger partial charge in [0.05, 0.1) is 0 Å². The molecule has 0 radical (unpaired) electrons. The van der Waals surface area contributed by atoms with E-state index in [0.717, 1.165) is 11.6 Å². The highest BCUT2D eigenvalue weighted by atomic mass is 35.5. The van der Waals surface area contributed by atoms with Gasteiger partial charge in [0, 0.05) is 11.6 Å². The first-order chi connectivity index (χ1) is 5.59. The second-order valence-electron chi connectivity index (χ2n) is 3.31. The lowest BCUT2D eigenvalue weighted by Gasteiger charge is -2.12. The molecule has 0 saturated heterocycles. The lowest BCUT2D eigenvalue weighted by atomic mass is 10.1. The van der Waals surface area contributed by atoms with Gasteiger partial charge in [0.2, 0.25) is 0 Å². The quantitative estimate of drug-likeness (QED) is 0.682. The van der Waals surface area contributed by atoms with Crippen LogP contribution < -0.4 is 0 Å². The molecule has 1 rings (SSSR count). The average molecular weight is 184 g/mol. The van der Waals surface area contributed by atoms with Crippen molar-refractivity contribution in [3.05, 3.63) is 34.3 Å². The first-order valence-corrected chi connectivity index (χ1v) is 4.37. The number of hydrogen-bond donors (Lipinski definition) is 0. The second-order valence-corrected chi connectivity index (χ2v) is 3.75. The lowest BCUT2D eigenvalue weighted by molar-refractivity contribution is 0.401. The van der Waals surface area contributed by atoms with Crippen LogP contribution >= 0.6 is 11.6 Å². The monoisotopic (exact) mass is 183 g/mol. The molecule has 0 aliphatic carbocycles. The van der Waals surface area contributed by atoms with Gasteiger partial charge < -0.3 is 4.90 Å². The molecule has 0 unspecified atom stereocenters. The Morgan fingerprint density at radius 1 is 1.33 bits per heavy atom. The van der Waals surface area contributed by atoms with Gasteiger partial charge in [-0.25, -0.2) is 0 Å². The summed E-state index contributed by atoms with van der Waals surface area (Å²) < 4.78 is 0. The fourth-order valence-corrected chi connectivity index (χ4v) is 1.35. The van der Waals surface area contributed by atoms with Gasteiger partial charge in [-0.1, -0.05) is 17.7 Å². The third kappa shape index (κ3) is 2.50. The summed E-state index contributed by atoms with van der Waals surface area (Å²) in [6.45, 7) is 3.06. The number of halogens is 1. The van der Waals surface area contributed by atoms with Gasteiger partial charge in [-0.15, -0.1) is 0 Å². The molecule has 0 aromatic heterocycles. The van der Waals surface area contributed by atoms with Crippen LogP contribution in [0.1, 0.15) is 11.1 Å². The molecule has 0 heterocycles. The van der Waals surface area contributed by atoms with Crippen LogP contribution in [-0.2, 0) is 6.54 Å². The molecule has 1 aromatic carbocycles. The van der Waals surface area contributed by atoms with Crippen LogP contribution in [0, 0.1) is 6.92 Å². The van der Waals surface area contributed by atoms with Crippen LogP contribution in [0.15, 0.2) is 18.2 Å². The van der Waals surface area contributed by atoms with Crippen LogP contribution in [-0.4, -0.2) is 19.0 Å². The summed E-state index contributed by atoms with van der Waals surface area (Å²) in [5, 5.41) is 0.817. The summed E-state index contributed by atoms with van der Waals surface area (Å²) >= 11 is 5.88. The Kier molecular flexibility index (Phi) is 3.12. The predicted octanol–water partition coefficient (Wildman–Crippen LogP) is 2.71. The maximum Gasteiger partial charge on any atom is 0.0409 e. The molecule has 2 heteroatoms. The average Bonchev–Trinajstić information content (AvgIpc) is 1.96. The van der Waals surface area contributed by atoms with Crippen molar-refractivity contribution in [3.8, 4) is 0 Å². The fourth-order valence-electron chi connectivity index (χ4n) is 1.15. The zero-order chi connectivity index (χ0) is 9.14. The van der Waals surface area contributed by atoms with E-state index in [4.69, 9.17) is 11.6 Å². The molecule has 0 aliphatic heterocycles. The topological polar surface area (TPSA) is 3.24 Å². The van der Waals surface area contributed by atoms with Gasteiger partial charge in [-0.3, -0.25) is 0 Å². The minimum atomic E-state index is 0.817. The Balaban J connectivity index is 2.90. The first-order valence-electron chi connectivity index (χ1n) is 3.99. The summed E-state index contributed by atoms with van der Waals surface area (Å²) in [6, 6.07) is 6.01. The van der Waals surface area contributed by atoms with E-state index in [1.807, 2.05) is 12.1 Å². The Morgan fingerprint density at radius 3 is 2.58 bits per heavy atom. The first kappa shape index (κ1) is 9.56. The fraction of sp³-hybridized carbons (Fsp3) is 0.400. The van der Waals surface area contributed by atoms with Crippen LogP contribution in [0.4, 0.5) is 0 Å². The summed E-state index contributed by atoms with van der Waals surface area (Å²) in [5.74, 6) is 0. The molecule has 0 bridgehead atoms. The molecule has 0 aliphatic rings. The van der Waals surface area contributed by atoms with Crippen LogP contribution in [0.2, 0.25) is 5.02 Å². The summed E-state index contributed by atoms with van der Waals surface area (Å²) in [7, 11) is 4.11. The highest BCUT2D eigenvalue weighted by Gasteiger charge is 1.99. The van der Waals surface area contributed by atoms with Gasteiger partial charge in [0.15, 0.2) is 0 Å². The highest BCUT2D eigenvalue weighted by molar-refractivity contribution is 6.30. The maximum absolute atomic E-state index is 5.88. The van der Waals surface area contributed by atoms with Crippen molar-refractivity contribution in [2.75, 3.05) is 14.1 Å². The number of rotatable bonds is 2. The second kappa shape index (κ2) is 3.92.